The number of amides is 3. The average Bonchev–Trinajstić information content (AvgIpc) is 2.69. The van der Waals surface area contributed by atoms with Gasteiger partial charge < -0.3 is 10.6 Å². The highest BCUT2D eigenvalue weighted by Crippen LogP contribution is 2.04. The molecule has 0 aliphatic rings. The van der Waals surface area contributed by atoms with Gasteiger partial charge >= 0.3 is 0 Å². The SMILES string of the molecule is CCCCCCCC(=O)NC(=S)NNC(=O)CCC(=O)NCc1ccccc1. The maximum atomic E-state index is 11.8. The molecule has 0 saturated carbocycles. The normalized spacial score (nSPS) is 10.0. The average molecular weight is 407 g/mol. The molecule has 28 heavy (non-hydrogen) atoms. The number of hydrazine groups is 1. The Kier molecular flexibility index (Phi) is 12.3. The van der Waals surface area contributed by atoms with Crippen molar-refractivity contribution >= 4 is 35.1 Å². The highest BCUT2D eigenvalue weighted by molar-refractivity contribution is 7.80. The first-order valence-electron chi connectivity index (χ1n) is 9.70. The van der Waals surface area contributed by atoms with Gasteiger partial charge in [-0.1, -0.05) is 62.9 Å². The van der Waals surface area contributed by atoms with E-state index in [0.717, 1.165) is 31.2 Å². The molecule has 154 valence electrons. The zero-order valence-corrected chi connectivity index (χ0v) is 17.2. The van der Waals surface area contributed by atoms with E-state index in [1.807, 2.05) is 30.3 Å². The minimum atomic E-state index is -0.383. The van der Waals surface area contributed by atoms with Crippen LogP contribution in [-0.2, 0) is 20.9 Å². The maximum absolute atomic E-state index is 11.8. The first kappa shape index (κ1) is 23.6. The molecule has 0 saturated heterocycles. The van der Waals surface area contributed by atoms with Gasteiger partial charge in [0, 0.05) is 25.8 Å². The first-order valence-corrected chi connectivity index (χ1v) is 10.1. The summed E-state index contributed by atoms with van der Waals surface area (Å²) in [6, 6.07) is 9.53. The molecule has 4 N–H and O–H groups in total. The largest absolute Gasteiger partial charge is 0.352 e. The van der Waals surface area contributed by atoms with E-state index in [1.54, 1.807) is 0 Å². The second-order valence-corrected chi connectivity index (χ2v) is 6.89. The standard InChI is InChI=1S/C20H30N4O3S/c1-2-3-4-5-9-12-18(26)22-20(28)24-23-19(27)14-13-17(25)21-15-16-10-7-6-8-11-16/h6-8,10-11H,2-5,9,12-15H2,1H3,(H,21,25)(H,23,27)(H2,22,24,26,28). The highest BCUT2D eigenvalue weighted by atomic mass is 32.1. The Labute approximate surface area is 172 Å². The van der Waals surface area contributed by atoms with Crippen LogP contribution in [0.3, 0.4) is 0 Å². The summed E-state index contributed by atoms with van der Waals surface area (Å²) in [5.41, 5.74) is 5.84. The molecule has 1 aromatic rings. The van der Waals surface area contributed by atoms with Gasteiger partial charge in [0.05, 0.1) is 0 Å². The van der Waals surface area contributed by atoms with Crippen molar-refractivity contribution in [2.24, 2.45) is 0 Å². The van der Waals surface area contributed by atoms with Gasteiger partial charge in [-0.05, 0) is 24.2 Å². The van der Waals surface area contributed by atoms with Crippen LogP contribution in [0.5, 0.6) is 0 Å². The molecule has 7 nitrogen and oxygen atoms in total. The van der Waals surface area contributed by atoms with Gasteiger partial charge in [0.2, 0.25) is 17.7 Å². The second kappa shape index (κ2) is 14.6. The summed E-state index contributed by atoms with van der Waals surface area (Å²) < 4.78 is 0. The van der Waals surface area contributed by atoms with Gasteiger partial charge in [-0.25, -0.2) is 0 Å². The lowest BCUT2D eigenvalue weighted by Gasteiger charge is -2.11. The van der Waals surface area contributed by atoms with E-state index in [4.69, 9.17) is 12.2 Å². The Hall–Kier alpha value is -2.48. The van der Waals surface area contributed by atoms with E-state index in [1.165, 1.54) is 6.42 Å². The number of carbonyl (C=O) groups is 3. The van der Waals surface area contributed by atoms with Crippen molar-refractivity contribution in [3.63, 3.8) is 0 Å². The van der Waals surface area contributed by atoms with Gasteiger partial charge in [-0.15, -0.1) is 0 Å². The number of rotatable bonds is 11. The molecule has 0 aliphatic carbocycles. The molecule has 0 radical (unpaired) electrons. The maximum Gasteiger partial charge on any atom is 0.238 e. The summed E-state index contributed by atoms with van der Waals surface area (Å²) in [5, 5.41) is 5.31. The molecule has 0 aromatic heterocycles. The van der Waals surface area contributed by atoms with Crippen molar-refractivity contribution in [1.29, 1.82) is 0 Å². The summed E-state index contributed by atoms with van der Waals surface area (Å²) in [4.78, 5) is 35.3. The Morgan fingerprint density at radius 2 is 1.50 bits per heavy atom. The number of carbonyl (C=O) groups excluding carboxylic acids is 3. The Bertz CT molecular complexity index is 638. The Balaban J connectivity index is 2.09. The van der Waals surface area contributed by atoms with E-state index in [0.29, 0.717) is 13.0 Å². The Morgan fingerprint density at radius 3 is 2.21 bits per heavy atom. The number of hydrogen-bond donors (Lipinski definition) is 4. The monoisotopic (exact) mass is 406 g/mol. The molecule has 0 bridgehead atoms. The van der Waals surface area contributed by atoms with Crippen molar-refractivity contribution < 1.29 is 14.4 Å². The van der Waals surface area contributed by atoms with Gasteiger partial charge in [0.15, 0.2) is 5.11 Å². The van der Waals surface area contributed by atoms with Crippen molar-refractivity contribution in [2.75, 3.05) is 0 Å². The van der Waals surface area contributed by atoms with Crippen LogP contribution in [0.4, 0.5) is 0 Å². The molecule has 0 atom stereocenters. The zero-order chi connectivity index (χ0) is 20.6. The van der Waals surface area contributed by atoms with Crippen LogP contribution in [-0.4, -0.2) is 22.8 Å². The molecule has 3 amide bonds. The summed E-state index contributed by atoms with van der Waals surface area (Å²) in [5.74, 6) is -0.771. The Morgan fingerprint density at radius 1 is 0.821 bits per heavy atom. The summed E-state index contributed by atoms with van der Waals surface area (Å²) >= 11 is 4.96. The van der Waals surface area contributed by atoms with E-state index >= 15 is 0 Å². The second-order valence-electron chi connectivity index (χ2n) is 6.48. The number of hydrogen-bond acceptors (Lipinski definition) is 4. The van der Waals surface area contributed by atoms with Gasteiger partial charge in [0.1, 0.15) is 0 Å². The number of nitrogens with one attached hydrogen (secondary N) is 4. The van der Waals surface area contributed by atoms with Crippen LogP contribution in [0.1, 0.15) is 63.9 Å². The van der Waals surface area contributed by atoms with Crippen LogP contribution in [0.15, 0.2) is 30.3 Å². The molecule has 1 aromatic carbocycles. The van der Waals surface area contributed by atoms with Crippen LogP contribution < -0.4 is 21.5 Å². The molecule has 0 heterocycles. The molecule has 0 fully saturated rings. The molecule has 0 aliphatic heterocycles. The smallest absolute Gasteiger partial charge is 0.238 e. The minimum absolute atomic E-state index is 0.0155. The van der Waals surface area contributed by atoms with Crippen LogP contribution in [0, 0.1) is 0 Å². The van der Waals surface area contributed by atoms with E-state index in [-0.39, 0.29) is 35.7 Å². The quantitative estimate of drug-likeness (QED) is 0.257. The van der Waals surface area contributed by atoms with Gasteiger partial charge in [-0.3, -0.25) is 25.2 Å². The zero-order valence-electron chi connectivity index (χ0n) is 16.4. The van der Waals surface area contributed by atoms with E-state index < -0.39 is 0 Å². The highest BCUT2D eigenvalue weighted by Gasteiger charge is 2.08. The van der Waals surface area contributed by atoms with E-state index in [2.05, 4.69) is 28.4 Å². The summed E-state index contributed by atoms with van der Waals surface area (Å²) in [6.07, 6.45) is 5.79. The molecule has 1 rings (SSSR count). The predicted molar refractivity (Wildman–Crippen MR) is 113 cm³/mol. The lowest BCUT2D eigenvalue weighted by molar-refractivity contribution is -0.126. The van der Waals surface area contributed by atoms with Crippen molar-refractivity contribution in [1.82, 2.24) is 21.5 Å². The third-order valence-electron chi connectivity index (χ3n) is 3.99. The minimum Gasteiger partial charge on any atom is -0.352 e. The third kappa shape index (κ3) is 12.0. The molecule has 8 heteroatoms. The van der Waals surface area contributed by atoms with Crippen molar-refractivity contribution in [2.45, 2.75) is 64.8 Å². The molecule has 0 spiro atoms. The number of unbranched alkanes of at least 4 members (excludes halogenated alkanes) is 4. The van der Waals surface area contributed by atoms with Crippen LogP contribution >= 0.6 is 12.2 Å². The fourth-order valence-corrected chi connectivity index (χ4v) is 2.58. The summed E-state index contributed by atoms with van der Waals surface area (Å²) in [6.45, 7) is 2.57. The van der Waals surface area contributed by atoms with Crippen molar-refractivity contribution in [3.05, 3.63) is 35.9 Å². The fourth-order valence-electron chi connectivity index (χ4n) is 2.41. The van der Waals surface area contributed by atoms with Crippen LogP contribution in [0.25, 0.3) is 0 Å². The third-order valence-corrected chi connectivity index (χ3v) is 4.19. The fraction of sp³-hybridized carbons (Fsp3) is 0.500. The summed E-state index contributed by atoms with van der Waals surface area (Å²) in [7, 11) is 0. The van der Waals surface area contributed by atoms with Crippen molar-refractivity contribution in [3.8, 4) is 0 Å². The lowest BCUT2D eigenvalue weighted by Crippen LogP contribution is -2.48. The lowest BCUT2D eigenvalue weighted by atomic mass is 10.1. The predicted octanol–water partition coefficient (Wildman–Crippen LogP) is 2.47. The first-order chi connectivity index (χ1) is 13.5. The van der Waals surface area contributed by atoms with Crippen LogP contribution in [0.2, 0.25) is 0 Å². The molecular formula is C20H30N4O3S. The molecule has 0 unspecified atom stereocenters. The van der Waals surface area contributed by atoms with Gasteiger partial charge in [0.25, 0.3) is 0 Å². The number of thiocarbonyl (C=S) groups is 1. The van der Waals surface area contributed by atoms with Gasteiger partial charge in [-0.2, -0.15) is 0 Å². The molecular weight excluding hydrogens is 376 g/mol. The van der Waals surface area contributed by atoms with E-state index in [9.17, 15) is 14.4 Å². The number of benzene rings is 1. The topological polar surface area (TPSA) is 99.3 Å².